The lowest BCUT2D eigenvalue weighted by Gasteiger charge is -2.38. The number of ether oxygens (including phenoxy) is 2. The van der Waals surface area contributed by atoms with Crippen LogP contribution in [0.2, 0.25) is 0 Å². The van der Waals surface area contributed by atoms with Gasteiger partial charge in [-0.3, -0.25) is 9.59 Å². The van der Waals surface area contributed by atoms with E-state index in [9.17, 15) is 14.4 Å². The average molecular weight is 459 g/mol. The van der Waals surface area contributed by atoms with Crippen LogP contribution in [0.5, 0.6) is 5.75 Å². The minimum absolute atomic E-state index is 0.0315. The molecule has 7 nitrogen and oxygen atoms in total. The zero-order valence-electron chi connectivity index (χ0n) is 18.7. The molecule has 3 rings (SSSR count). The molecular weight excluding hydrogens is 428 g/mol. The van der Waals surface area contributed by atoms with Gasteiger partial charge in [0.1, 0.15) is 5.75 Å². The molecule has 172 valence electrons. The summed E-state index contributed by atoms with van der Waals surface area (Å²) < 4.78 is 10.7. The number of carbonyl (C=O) groups is 3. The highest BCUT2D eigenvalue weighted by molar-refractivity contribution is 7.10. The molecule has 2 amide bonds. The van der Waals surface area contributed by atoms with Crippen LogP contribution in [0.3, 0.4) is 0 Å². The molecule has 2 heterocycles. The molecule has 3 unspecified atom stereocenters. The van der Waals surface area contributed by atoms with Crippen LogP contribution in [-0.2, 0) is 14.3 Å². The molecule has 1 aliphatic rings. The second-order valence-electron chi connectivity index (χ2n) is 8.12. The Hall–Kier alpha value is -2.87. The molecule has 0 saturated carbocycles. The van der Waals surface area contributed by atoms with Gasteiger partial charge in [0.05, 0.1) is 11.6 Å². The summed E-state index contributed by atoms with van der Waals surface area (Å²) in [5.74, 6) is -0.493. The summed E-state index contributed by atoms with van der Waals surface area (Å²) >= 11 is 1.55. The van der Waals surface area contributed by atoms with Crippen molar-refractivity contribution < 1.29 is 23.9 Å². The Bertz CT molecular complexity index is 903. The third-order valence-corrected chi connectivity index (χ3v) is 6.67. The molecule has 1 aromatic carbocycles. The summed E-state index contributed by atoms with van der Waals surface area (Å²) in [5.41, 5.74) is 0.307. The first-order valence-corrected chi connectivity index (χ1v) is 11.8. The Labute approximate surface area is 192 Å². The highest BCUT2D eigenvalue weighted by Crippen LogP contribution is 2.23. The Morgan fingerprint density at radius 1 is 1.09 bits per heavy atom. The van der Waals surface area contributed by atoms with Crippen LogP contribution < -0.4 is 10.1 Å². The van der Waals surface area contributed by atoms with Crippen molar-refractivity contribution in [2.45, 2.75) is 58.2 Å². The monoisotopic (exact) mass is 458 g/mol. The van der Waals surface area contributed by atoms with E-state index in [1.165, 1.54) is 0 Å². The van der Waals surface area contributed by atoms with Gasteiger partial charge < -0.3 is 19.7 Å². The number of amides is 2. The maximum atomic E-state index is 12.6. The number of nitrogens with zero attached hydrogens (tertiary/aromatic N) is 1. The van der Waals surface area contributed by atoms with Gasteiger partial charge >= 0.3 is 5.97 Å². The third kappa shape index (κ3) is 6.32. The quantitative estimate of drug-likeness (QED) is 0.606. The summed E-state index contributed by atoms with van der Waals surface area (Å²) in [6.45, 7) is 5.62. The number of benzene rings is 1. The number of esters is 1. The minimum atomic E-state index is -0.595. The molecule has 2 aromatic rings. The molecule has 0 bridgehead atoms. The van der Waals surface area contributed by atoms with Crippen LogP contribution in [0.4, 0.5) is 0 Å². The number of likely N-dealkylation sites (tertiary alicyclic amines) is 1. The molecular formula is C24H30N2O5S. The highest BCUT2D eigenvalue weighted by Gasteiger charge is 2.29. The van der Waals surface area contributed by atoms with Crippen LogP contribution in [0.15, 0.2) is 41.8 Å². The number of piperidine rings is 1. The fourth-order valence-electron chi connectivity index (χ4n) is 3.93. The SMILES string of the molecule is CC(NC(=O)COC(=O)c1ccc(OCC(=O)N2C(C)CCCC2C)cc1)c1cccs1. The topological polar surface area (TPSA) is 84.9 Å². The van der Waals surface area contributed by atoms with E-state index in [0.29, 0.717) is 11.3 Å². The van der Waals surface area contributed by atoms with Gasteiger partial charge in [0.2, 0.25) is 0 Å². The molecule has 1 N–H and O–H groups in total. The Morgan fingerprint density at radius 3 is 2.41 bits per heavy atom. The largest absolute Gasteiger partial charge is 0.484 e. The van der Waals surface area contributed by atoms with Crippen molar-refractivity contribution in [1.82, 2.24) is 10.2 Å². The Morgan fingerprint density at radius 2 is 1.78 bits per heavy atom. The standard InChI is InChI=1S/C24H30N2O5S/c1-16-6-4-7-17(2)26(16)23(28)15-30-20-11-9-19(10-12-20)24(29)31-14-22(27)25-18(3)21-8-5-13-32-21/h5,8-13,16-18H,4,6-7,14-15H2,1-3H3,(H,25,27). The summed E-state index contributed by atoms with van der Waals surface area (Å²) in [6, 6.07) is 10.5. The second-order valence-corrected chi connectivity index (χ2v) is 9.10. The summed E-state index contributed by atoms with van der Waals surface area (Å²) in [7, 11) is 0. The van der Waals surface area contributed by atoms with Gasteiger partial charge in [0.25, 0.3) is 11.8 Å². The van der Waals surface area contributed by atoms with Crippen molar-refractivity contribution in [3.8, 4) is 5.75 Å². The summed E-state index contributed by atoms with van der Waals surface area (Å²) in [6.07, 6.45) is 3.16. The second kappa shape index (κ2) is 11.1. The van der Waals surface area contributed by atoms with Gasteiger partial charge in [-0.25, -0.2) is 4.79 Å². The van der Waals surface area contributed by atoms with E-state index in [4.69, 9.17) is 9.47 Å². The van der Waals surface area contributed by atoms with Crippen molar-refractivity contribution in [1.29, 1.82) is 0 Å². The third-order valence-electron chi connectivity index (χ3n) is 5.62. The van der Waals surface area contributed by atoms with Crippen molar-refractivity contribution in [3.63, 3.8) is 0 Å². The fourth-order valence-corrected chi connectivity index (χ4v) is 4.66. The Balaban J connectivity index is 1.43. The maximum absolute atomic E-state index is 12.6. The minimum Gasteiger partial charge on any atom is -0.484 e. The number of nitrogens with one attached hydrogen (secondary N) is 1. The first-order chi connectivity index (χ1) is 15.3. The van der Waals surface area contributed by atoms with Crippen LogP contribution in [0.25, 0.3) is 0 Å². The zero-order valence-corrected chi connectivity index (χ0v) is 19.5. The van der Waals surface area contributed by atoms with E-state index in [1.807, 2.05) is 29.3 Å². The Kier molecular flexibility index (Phi) is 8.27. The molecule has 0 radical (unpaired) electrons. The average Bonchev–Trinajstić information content (AvgIpc) is 3.31. The smallest absolute Gasteiger partial charge is 0.338 e. The first-order valence-electron chi connectivity index (χ1n) is 10.9. The van der Waals surface area contributed by atoms with E-state index in [2.05, 4.69) is 19.2 Å². The van der Waals surface area contributed by atoms with Crippen molar-refractivity contribution >= 4 is 29.1 Å². The van der Waals surface area contributed by atoms with Gasteiger partial charge in [-0.15, -0.1) is 11.3 Å². The van der Waals surface area contributed by atoms with Gasteiger partial charge in [-0.05, 0) is 75.7 Å². The lowest BCUT2D eigenvalue weighted by atomic mass is 9.97. The predicted octanol–water partition coefficient (Wildman–Crippen LogP) is 3.95. The number of hydrogen-bond donors (Lipinski definition) is 1. The van der Waals surface area contributed by atoms with Gasteiger partial charge in [-0.1, -0.05) is 6.07 Å². The van der Waals surface area contributed by atoms with Gasteiger partial charge in [0, 0.05) is 17.0 Å². The highest BCUT2D eigenvalue weighted by atomic mass is 32.1. The van der Waals surface area contributed by atoms with E-state index < -0.39 is 5.97 Å². The summed E-state index contributed by atoms with van der Waals surface area (Å²) in [4.78, 5) is 39.7. The van der Waals surface area contributed by atoms with Crippen LogP contribution in [-0.4, -0.2) is 48.0 Å². The molecule has 1 saturated heterocycles. The van der Waals surface area contributed by atoms with Crippen molar-refractivity contribution in [2.24, 2.45) is 0 Å². The molecule has 32 heavy (non-hydrogen) atoms. The number of thiophene rings is 1. The number of hydrogen-bond acceptors (Lipinski definition) is 6. The summed E-state index contributed by atoms with van der Waals surface area (Å²) in [5, 5.41) is 4.74. The van der Waals surface area contributed by atoms with E-state index in [-0.39, 0.29) is 43.2 Å². The fraction of sp³-hybridized carbons (Fsp3) is 0.458. The van der Waals surface area contributed by atoms with Gasteiger partial charge in [0.15, 0.2) is 13.2 Å². The molecule has 1 fully saturated rings. The van der Waals surface area contributed by atoms with Crippen LogP contribution in [0.1, 0.15) is 61.3 Å². The molecule has 1 aromatic heterocycles. The molecule has 8 heteroatoms. The zero-order chi connectivity index (χ0) is 23.1. The van der Waals surface area contributed by atoms with Crippen LogP contribution in [0, 0.1) is 0 Å². The molecule has 0 spiro atoms. The molecule has 1 aliphatic heterocycles. The number of rotatable bonds is 8. The van der Waals surface area contributed by atoms with Crippen molar-refractivity contribution in [2.75, 3.05) is 13.2 Å². The number of carbonyl (C=O) groups excluding carboxylic acids is 3. The van der Waals surface area contributed by atoms with E-state index in [1.54, 1.807) is 35.6 Å². The van der Waals surface area contributed by atoms with Gasteiger partial charge in [-0.2, -0.15) is 0 Å². The maximum Gasteiger partial charge on any atom is 0.338 e. The molecule has 0 aliphatic carbocycles. The van der Waals surface area contributed by atoms with E-state index >= 15 is 0 Å². The van der Waals surface area contributed by atoms with E-state index in [0.717, 1.165) is 24.1 Å². The first kappa shape index (κ1) is 23.8. The predicted molar refractivity (Wildman–Crippen MR) is 123 cm³/mol. The lowest BCUT2D eigenvalue weighted by Crippen LogP contribution is -2.49. The normalized spacial score (nSPS) is 19.2. The van der Waals surface area contributed by atoms with Crippen molar-refractivity contribution in [3.05, 3.63) is 52.2 Å². The molecule has 3 atom stereocenters. The lowest BCUT2D eigenvalue weighted by molar-refractivity contribution is -0.139. The van der Waals surface area contributed by atoms with Crippen LogP contribution >= 0.6 is 11.3 Å².